The van der Waals surface area contributed by atoms with E-state index < -0.39 is 21.8 Å². The Labute approximate surface area is 202 Å². The van der Waals surface area contributed by atoms with Gasteiger partial charge in [-0.1, -0.05) is 6.92 Å². The largest absolute Gasteiger partial charge is 0.473 e. The first-order chi connectivity index (χ1) is 16.8. The zero-order valence-corrected chi connectivity index (χ0v) is 20.1. The zero-order valence-electron chi connectivity index (χ0n) is 19.3. The molecule has 0 atom stereocenters. The summed E-state index contributed by atoms with van der Waals surface area (Å²) in [6.07, 6.45) is 3.34. The summed E-state index contributed by atoms with van der Waals surface area (Å²) in [5.41, 5.74) is 0.670. The van der Waals surface area contributed by atoms with Crippen LogP contribution in [-0.4, -0.2) is 55.5 Å². The number of nitrogens with one attached hydrogen (secondary N) is 2. The van der Waals surface area contributed by atoms with Crippen LogP contribution in [0.5, 0.6) is 17.4 Å². The van der Waals surface area contributed by atoms with Crippen LogP contribution < -0.4 is 19.5 Å². The first-order valence-electron chi connectivity index (χ1n) is 11.1. The van der Waals surface area contributed by atoms with Crippen molar-refractivity contribution in [2.75, 3.05) is 31.4 Å². The summed E-state index contributed by atoms with van der Waals surface area (Å²) in [5.74, 6) is -0.641. The molecule has 4 rings (SSSR count). The van der Waals surface area contributed by atoms with Crippen LogP contribution in [0.25, 0.3) is 11.0 Å². The van der Waals surface area contributed by atoms with E-state index in [4.69, 9.17) is 9.47 Å². The molecular formula is C23H25FN6O4S. The molecule has 2 aromatic carbocycles. The Morgan fingerprint density at radius 2 is 2.03 bits per heavy atom. The molecule has 2 N–H and O–H groups in total. The highest BCUT2D eigenvalue weighted by molar-refractivity contribution is 7.90. The number of benzene rings is 2. The van der Waals surface area contributed by atoms with Crippen molar-refractivity contribution >= 4 is 26.9 Å². The van der Waals surface area contributed by atoms with Crippen LogP contribution >= 0.6 is 0 Å². The van der Waals surface area contributed by atoms with Crippen molar-refractivity contribution in [2.45, 2.75) is 25.9 Å². The quantitative estimate of drug-likeness (QED) is 0.483. The molecule has 1 aliphatic rings. The van der Waals surface area contributed by atoms with E-state index in [1.165, 1.54) is 13.1 Å². The Hall–Kier alpha value is -3.53. The van der Waals surface area contributed by atoms with Gasteiger partial charge in [0, 0.05) is 19.7 Å². The molecule has 184 valence electrons. The summed E-state index contributed by atoms with van der Waals surface area (Å²) in [6, 6.07) is 8.81. The number of ether oxygens (including phenoxy) is 2. The summed E-state index contributed by atoms with van der Waals surface area (Å²) >= 11 is 0. The van der Waals surface area contributed by atoms with Gasteiger partial charge in [0.1, 0.15) is 23.5 Å². The van der Waals surface area contributed by atoms with Gasteiger partial charge in [0.25, 0.3) is 0 Å². The third-order valence-corrected chi connectivity index (χ3v) is 7.16. The minimum atomic E-state index is -3.93. The molecule has 0 radical (unpaired) electrons. The van der Waals surface area contributed by atoms with Gasteiger partial charge in [-0.2, -0.15) is 18.0 Å². The molecule has 0 saturated carbocycles. The van der Waals surface area contributed by atoms with Gasteiger partial charge in [-0.3, -0.25) is 4.72 Å². The van der Waals surface area contributed by atoms with Gasteiger partial charge in [0.15, 0.2) is 11.6 Å². The molecule has 10 nitrogen and oxygen atoms in total. The van der Waals surface area contributed by atoms with Crippen LogP contribution in [0.15, 0.2) is 36.5 Å². The van der Waals surface area contributed by atoms with Crippen molar-refractivity contribution in [1.29, 1.82) is 5.26 Å². The molecule has 0 amide bonds. The second-order valence-electron chi connectivity index (χ2n) is 7.96. The fraction of sp³-hybridized carbons (Fsp3) is 0.348. The molecule has 0 aliphatic carbocycles. The summed E-state index contributed by atoms with van der Waals surface area (Å²) in [4.78, 5) is 8.85. The molecule has 12 heteroatoms. The highest BCUT2D eigenvalue weighted by Gasteiger charge is 2.22. The predicted octanol–water partition coefficient (Wildman–Crippen LogP) is 3.17. The molecule has 0 unspecified atom stereocenters. The number of hydrogen-bond donors (Lipinski definition) is 2. The second kappa shape index (κ2) is 10.4. The topological polar surface area (TPSA) is 129 Å². The van der Waals surface area contributed by atoms with E-state index in [0.717, 1.165) is 36.3 Å². The lowest BCUT2D eigenvalue weighted by atomic mass is 10.1. The molecule has 1 aromatic heterocycles. The van der Waals surface area contributed by atoms with E-state index in [0.29, 0.717) is 16.9 Å². The van der Waals surface area contributed by atoms with Crippen molar-refractivity contribution in [3.05, 3.63) is 47.9 Å². The number of anilines is 1. The average molecular weight is 501 g/mol. The van der Waals surface area contributed by atoms with Crippen molar-refractivity contribution in [3.8, 4) is 23.4 Å². The van der Waals surface area contributed by atoms with Crippen LogP contribution in [-0.2, 0) is 10.2 Å². The zero-order chi connectivity index (χ0) is 25.0. The SMILES string of the molecule is CCN(C)S(=O)(=O)Nc1ccc(F)c(Oc2ccc3ncc(OC4CCNCC4)nc3c2)c1C#N. The number of nitriles is 1. The van der Waals surface area contributed by atoms with Crippen LogP contribution in [0.4, 0.5) is 10.1 Å². The lowest BCUT2D eigenvalue weighted by Gasteiger charge is -2.23. The van der Waals surface area contributed by atoms with Crippen molar-refractivity contribution in [1.82, 2.24) is 19.6 Å². The van der Waals surface area contributed by atoms with E-state index in [9.17, 15) is 18.1 Å². The van der Waals surface area contributed by atoms with E-state index in [1.54, 1.807) is 31.3 Å². The minimum absolute atomic E-state index is 0.0491. The lowest BCUT2D eigenvalue weighted by molar-refractivity contribution is 0.156. The normalized spacial score (nSPS) is 14.6. The van der Waals surface area contributed by atoms with Crippen LogP contribution in [0.2, 0.25) is 0 Å². The monoisotopic (exact) mass is 500 g/mol. The van der Waals surface area contributed by atoms with Gasteiger partial charge in [-0.25, -0.2) is 14.4 Å². The maximum atomic E-state index is 14.7. The Balaban J connectivity index is 1.63. The Morgan fingerprint density at radius 1 is 1.26 bits per heavy atom. The summed E-state index contributed by atoms with van der Waals surface area (Å²) in [6.45, 7) is 3.62. The van der Waals surface area contributed by atoms with Crippen LogP contribution in [0.1, 0.15) is 25.3 Å². The van der Waals surface area contributed by atoms with Gasteiger partial charge in [0.2, 0.25) is 5.88 Å². The number of hydrogen-bond acceptors (Lipinski definition) is 8. The van der Waals surface area contributed by atoms with Gasteiger partial charge in [-0.05, 0) is 50.2 Å². The van der Waals surface area contributed by atoms with Crippen LogP contribution in [0, 0.1) is 17.1 Å². The predicted molar refractivity (Wildman–Crippen MR) is 128 cm³/mol. The Morgan fingerprint density at radius 3 is 2.74 bits per heavy atom. The molecule has 1 saturated heterocycles. The van der Waals surface area contributed by atoms with E-state index in [1.807, 2.05) is 6.07 Å². The van der Waals surface area contributed by atoms with Gasteiger partial charge in [0.05, 0.1) is 22.9 Å². The van der Waals surface area contributed by atoms with Crippen LogP contribution in [0.3, 0.4) is 0 Å². The molecule has 3 aromatic rings. The smallest absolute Gasteiger partial charge is 0.301 e. The number of rotatable bonds is 8. The van der Waals surface area contributed by atoms with Gasteiger partial charge >= 0.3 is 10.2 Å². The molecule has 1 fully saturated rings. The first kappa shape index (κ1) is 24.6. The minimum Gasteiger partial charge on any atom is -0.473 e. The molecule has 0 bridgehead atoms. The molecule has 0 spiro atoms. The summed E-state index contributed by atoms with van der Waals surface area (Å²) < 4.78 is 54.5. The highest BCUT2D eigenvalue weighted by Crippen LogP contribution is 2.34. The van der Waals surface area contributed by atoms with Gasteiger partial charge < -0.3 is 14.8 Å². The molecular weight excluding hydrogens is 475 g/mol. The third-order valence-electron chi connectivity index (χ3n) is 5.60. The molecule has 2 heterocycles. The maximum absolute atomic E-state index is 14.7. The highest BCUT2D eigenvalue weighted by atomic mass is 32.2. The average Bonchev–Trinajstić information content (AvgIpc) is 2.86. The third kappa shape index (κ3) is 5.59. The maximum Gasteiger partial charge on any atom is 0.301 e. The molecule has 1 aliphatic heterocycles. The van der Waals surface area contributed by atoms with Crippen molar-refractivity contribution < 1.29 is 22.3 Å². The number of fused-ring (bicyclic) bond motifs is 1. The van der Waals surface area contributed by atoms with Crippen molar-refractivity contribution in [3.63, 3.8) is 0 Å². The number of piperidine rings is 1. The number of halogens is 1. The van der Waals surface area contributed by atoms with E-state index >= 15 is 0 Å². The fourth-order valence-electron chi connectivity index (χ4n) is 3.54. The molecule has 35 heavy (non-hydrogen) atoms. The van der Waals surface area contributed by atoms with E-state index in [2.05, 4.69) is 20.0 Å². The Bertz CT molecular complexity index is 1370. The van der Waals surface area contributed by atoms with Gasteiger partial charge in [-0.15, -0.1) is 0 Å². The summed E-state index contributed by atoms with van der Waals surface area (Å²) in [7, 11) is -2.54. The van der Waals surface area contributed by atoms with Crippen molar-refractivity contribution in [2.24, 2.45) is 0 Å². The first-order valence-corrected chi connectivity index (χ1v) is 12.5. The fourth-order valence-corrected chi connectivity index (χ4v) is 4.48. The number of nitrogens with zero attached hydrogens (tertiary/aromatic N) is 4. The Kier molecular flexibility index (Phi) is 7.30. The standard InChI is InChI=1S/C23H25FN6O4S/c1-3-30(2)35(31,32)29-19-7-5-18(24)23(17(19)13-25)34-16-4-6-20-21(12-16)28-22(14-27-20)33-15-8-10-26-11-9-15/h4-7,12,14-15,26,29H,3,8-11H2,1-2H3. The number of aromatic nitrogens is 2. The summed E-state index contributed by atoms with van der Waals surface area (Å²) in [5, 5.41) is 12.9. The lowest BCUT2D eigenvalue weighted by Crippen LogP contribution is -2.34. The van der Waals surface area contributed by atoms with E-state index in [-0.39, 0.29) is 29.6 Å². The second-order valence-corrected chi connectivity index (χ2v) is 9.74.